The second-order valence-corrected chi connectivity index (χ2v) is 4.21. The van der Waals surface area contributed by atoms with Gasteiger partial charge < -0.3 is 11.1 Å². The van der Waals surface area contributed by atoms with Gasteiger partial charge in [-0.2, -0.15) is 0 Å². The average Bonchev–Trinajstić information content (AvgIpc) is 2.22. The van der Waals surface area contributed by atoms with Gasteiger partial charge in [0.05, 0.1) is 11.4 Å². The minimum Gasteiger partial charge on any atom is -0.396 e. The predicted octanol–water partition coefficient (Wildman–Crippen LogP) is 3.16. The molecular weight excluding hydrogens is 256 g/mol. The van der Waals surface area contributed by atoms with Crippen LogP contribution >= 0.6 is 15.9 Å². The van der Waals surface area contributed by atoms with Gasteiger partial charge in [-0.15, -0.1) is 0 Å². The Balaban J connectivity index is 2.64. The Morgan fingerprint density at radius 1 is 1.53 bits per heavy atom. The Morgan fingerprint density at radius 3 is 2.93 bits per heavy atom. The summed E-state index contributed by atoms with van der Waals surface area (Å²) in [5.41, 5.74) is 7.04. The Morgan fingerprint density at radius 2 is 2.27 bits per heavy atom. The van der Waals surface area contributed by atoms with E-state index in [1.165, 1.54) is 0 Å². The maximum absolute atomic E-state index is 11.5. The van der Waals surface area contributed by atoms with E-state index in [0.717, 1.165) is 17.3 Å². The van der Waals surface area contributed by atoms with Crippen LogP contribution in [0.2, 0.25) is 0 Å². The third-order valence-corrected chi connectivity index (χ3v) is 2.78. The quantitative estimate of drug-likeness (QED) is 0.826. The molecule has 3 N–H and O–H groups in total. The van der Waals surface area contributed by atoms with Gasteiger partial charge in [0.15, 0.2) is 0 Å². The minimum atomic E-state index is 0.0154. The number of para-hydroxylation sites is 1. The standard InChI is InChI=1S/C11H15BrN2O/c1-2-3-7-10(15)14-9-6-4-5-8(12)11(9)13/h4-6H,2-3,7,13H2,1H3,(H,14,15). The van der Waals surface area contributed by atoms with Crippen molar-refractivity contribution in [2.75, 3.05) is 11.1 Å². The van der Waals surface area contributed by atoms with Crippen molar-refractivity contribution in [3.8, 4) is 0 Å². The molecule has 0 spiro atoms. The Kier molecular flexibility index (Phi) is 4.62. The van der Waals surface area contributed by atoms with Crippen molar-refractivity contribution < 1.29 is 4.79 Å². The van der Waals surface area contributed by atoms with Crippen LogP contribution in [0, 0.1) is 0 Å². The first-order valence-corrected chi connectivity index (χ1v) is 5.78. The smallest absolute Gasteiger partial charge is 0.224 e. The fourth-order valence-electron chi connectivity index (χ4n) is 1.20. The molecule has 1 aromatic carbocycles. The first kappa shape index (κ1) is 12.0. The summed E-state index contributed by atoms with van der Waals surface area (Å²) in [7, 11) is 0. The number of amides is 1. The van der Waals surface area contributed by atoms with Crippen LogP contribution in [0.5, 0.6) is 0 Å². The molecule has 0 atom stereocenters. The highest BCUT2D eigenvalue weighted by Crippen LogP contribution is 2.27. The summed E-state index contributed by atoms with van der Waals surface area (Å²) in [6.07, 6.45) is 2.46. The molecule has 0 radical (unpaired) electrons. The molecule has 15 heavy (non-hydrogen) atoms. The molecule has 3 nitrogen and oxygen atoms in total. The zero-order valence-corrected chi connectivity index (χ0v) is 10.3. The fraction of sp³-hybridized carbons (Fsp3) is 0.364. The molecule has 0 saturated heterocycles. The first-order chi connectivity index (χ1) is 7.15. The number of unbranched alkanes of at least 4 members (excludes halogenated alkanes) is 1. The van der Waals surface area contributed by atoms with Crippen LogP contribution in [0.15, 0.2) is 22.7 Å². The number of carbonyl (C=O) groups excluding carboxylic acids is 1. The van der Waals surface area contributed by atoms with Gasteiger partial charge in [-0.25, -0.2) is 0 Å². The highest BCUT2D eigenvalue weighted by molar-refractivity contribution is 9.10. The van der Waals surface area contributed by atoms with E-state index in [-0.39, 0.29) is 5.91 Å². The number of carbonyl (C=O) groups is 1. The van der Waals surface area contributed by atoms with E-state index in [1.807, 2.05) is 12.1 Å². The Hall–Kier alpha value is -1.03. The average molecular weight is 271 g/mol. The number of hydrogen-bond acceptors (Lipinski definition) is 2. The maximum atomic E-state index is 11.5. The van der Waals surface area contributed by atoms with E-state index in [9.17, 15) is 4.79 Å². The topological polar surface area (TPSA) is 55.1 Å². The summed E-state index contributed by atoms with van der Waals surface area (Å²) in [4.78, 5) is 11.5. The van der Waals surface area contributed by atoms with E-state index in [1.54, 1.807) is 6.07 Å². The van der Waals surface area contributed by atoms with Gasteiger partial charge in [0.2, 0.25) is 5.91 Å². The maximum Gasteiger partial charge on any atom is 0.224 e. The molecule has 0 fully saturated rings. The minimum absolute atomic E-state index is 0.0154. The molecule has 0 saturated carbocycles. The van der Waals surface area contributed by atoms with Crippen LogP contribution in [-0.2, 0) is 4.79 Å². The molecule has 0 bridgehead atoms. The van der Waals surface area contributed by atoms with Crippen molar-refractivity contribution in [1.82, 2.24) is 0 Å². The molecule has 0 aliphatic rings. The van der Waals surface area contributed by atoms with Crippen LogP contribution in [0.25, 0.3) is 0 Å². The van der Waals surface area contributed by atoms with Crippen molar-refractivity contribution in [2.24, 2.45) is 0 Å². The molecule has 1 rings (SSSR count). The second-order valence-electron chi connectivity index (χ2n) is 3.35. The number of hydrogen-bond donors (Lipinski definition) is 2. The Labute approximate surface area is 98.2 Å². The first-order valence-electron chi connectivity index (χ1n) is 4.99. The van der Waals surface area contributed by atoms with Gasteiger partial charge in [0, 0.05) is 10.9 Å². The molecule has 0 aliphatic heterocycles. The van der Waals surface area contributed by atoms with Gasteiger partial charge in [0.1, 0.15) is 0 Å². The van der Waals surface area contributed by atoms with E-state index >= 15 is 0 Å². The van der Waals surface area contributed by atoms with Crippen molar-refractivity contribution in [3.63, 3.8) is 0 Å². The zero-order chi connectivity index (χ0) is 11.3. The number of rotatable bonds is 4. The van der Waals surface area contributed by atoms with E-state index in [0.29, 0.717) is 17.8 Å². The highest BCUT2D eigenvalue weighted by atomic mass is 79.9. The number of benzene rings is 1. The number of nitrogen functional groups attached to an aromatic ring is 1. The van der Waals surface area contributed by atoms with E-state index < -0.39 is 0 Å². The molecule has 0 aliphatic carbocycles. The molecule has 4 heteroatoms. The third-order valence-electron chi connectivity index (χ3n) is 2.08. The van der Waals surface area contributed by atoms with Crippen LogP contribution in [0.3, 0.4) is 0 Å². The lowest BCUT2D eigenvalue weighted by Crippen LogP contribution is -2.12. The van der Waals surface area contributed by atoms with Crippen LogP contribution in [0.1, 0.15) is 26.2 Å². The molecule has 1 amide bonds. The second kappa shape index (κ2) is 5.75. The van der Waals surface area contributed by atoms with Crippen molar-refractivity contribution in [3.05, 3.63) is 22.7 Å². The molecule has 82 valence electrons. The van der Waals surface area contributed by atoms with Gasteiger partial charge >= 0.3 is 0 Å². The van der Waals surface area contributed by atoms with E-state index in [2.05, 4.69) is 28.2 Å². The van der Waals surface area contributed by atoms with Crippen molar-refractivity contribution >= 4 is 33.2 Å². The summed E-state index contributed by atoms with van der Waals surface area (Å²) in [6, 6.07) is 5.48. The Bertz CT molecular complexity index is 352. The summed E-state index contributed by atoms with van der Waals surface area (Å²) in [6.45, 7) is 2.06. The van der Waals surface area contributed by atoms with Crippen LogP contribution in [0.4, 0.5) is 11.4 Å². The molecule has 0 aromatic heterocycles. The SMILES string of the molecule is CCCCC(=O)Nc1cccc(Br)c1N. The third kappa shape index (κ3) is 3.55. The summed E-state index contributed by atoms with van der Waals surface area (Å²) in [5.74, 6) is 0.0154. The lowest BCUT2D eigenvalue weighted by Gasteiger charge is -2.08. The van der Waals surface area contributed by atoms with Gasteiger partial charge in [0.25, 0.3) is 0 Å². The zero-order valence-electron chi connectivity index (χ0n) is 8.72. The van der Waals surface area contributed by atoms with Crippen molar-refractivity contribution in [2.45, 2.75) is 26.2 Å². The lowest BCUT2D eigenvalue weighted by molar-refractivity contribution is -0.116. The fourth-order valence-corrected chi connectivity index (χ4v) is 1.56. The van der Waals surface area contributed by atoms with Gasteiger partial charge in [-0.3, -0.25) is 4.79 Å². The lowest BCUT2D eigenvalue weighted by atomic mass is 10.2. The summed E-state index contributed by atoms with van der Waals surface area (Å²) in [5, 5.41) is 2.79. The predicted molar refractivity (Wildman–Crippen MR) is 66.7 cm³/mol. The monoisotopic (exact) mass is 270 g/mol. The molecule has 1 aromatic rings. The number of nitrogens with one attached hydrogen (secondary N) is 1. The largest absolute Gasteiger partial charge is 0.396 e. The summed E-state index contributed by atoms with van der Waals surface area (Å²) < 4.78 is 0.802. The highest BCUT2D eigenvalue weighted by Gasteiger charge is 2.06. The summed E-state index contributed by atoms with van der Waals surface area (Å²) >= 11 is 3.31. The number of halogens is 1. The molecule has 0 heterocycles. The van der Waals surface area contributed by atoms with Crippen LogP contribution < -0.4 is 11.1 Å². The van der Waals surface area contributed by atoms with E-state index in [4.69, 9.17) is 5.73 Å². The van der Waals surface area contributed by atoms with Gasteiger partial charge in [-0.1, -0.05) is 19.4 Å². The number of nitrogens with two attached hydrogens (primary N) is 1. The number of anilines is 2. The molecular formula is C11H15BrN2O. The van der Waals surface area contributed by atoms with Gasteiger partial charge in [-0.05, 0) is 34.5 Å². The van der Waals surface area contributed by atoms with Crippen LogP contribution in [-0.4, -0.2) is 5.91 Å². The molecule has 0 unspecified atom stereocenters. The van der Waals surface area contributed by atoms with Crippen molar-refractivity contribution in [1.29, 1.82) is 0 Å². The normalized spacial score (nSPS) is 10.0.